The van der Waals surface area contributed by atoms with Gasteiger partial charge in [0.15, 0.2) is 0 Å². The lowest BCUT2D eigenvalue weighted by atomic mass is 10.1. The van der Waals surface area contributed by atoms with Crippen LogP contribution < -0.4 is 10.6 Å². The van der Waals surface area contributed by atoms with E-state index in [9.17, 15) is 18.0 Å². The van der Waals surface area contributed by atoms with Crippen molar-refractivity contribution in [3.8, 4) is 0 Å². The number of amides is 1. The van der Waals surface area contributed by atoms with Crippen molar-refractivity contribution in [2.45, 2.75) is 50.2 Å². The fraction of sp³-hybridized carbons (Fsp3) is 0.233. The number of benzene rings is 2. The number of H-pyrrole nitrogens is 1. The molecule has 0 saturated carbocycles. The third-order valence-corrected chi connectivity index (χ3v) is 7.55. The first kappa shape index (κ1) is 28.3. The standard InChI is InChI=1S/C30H29F3N6OS/c1-18(2)41-27-22(14-36-28-25(27)9-10-34-28)13-35-23-6-4-5-20(11-23)29(40)38-24-8-7-21(26(12-24)30(31,32)33)16-39-15-19(3)37-17-39/h4-12,14-15,17-18,35H,13,16H2,1-3H3,(H,34,36)(H,38,40). The Balaban J connectivity index is 1.31. The number of pyridine rings is 1. The molecule has 5 rings (SSSR count). The van der Waals surface area contributed by atoms with Crippen LogP contribution in [0.1, 0.15) is 46.6 Å². The van der Waals surface area contributed by atoms with Gasteiger partial charge < -0.3 is 20.2 Å². The number of carbonyl (C=O) groups is 1. The molecule has 5 aromatic rings. The second-order valence-electron chi connectivity index (χ2n) is 9.96. The van der Waals surface area contributed by atoms with Gasteiger partial charge in [0, 0.05) is 69.7 Å². The lowest BCUT2D eigenvalue weighted by molar-refractivity contribution is -0.138. The number of halogens is 3. The second kappa shape index (κ2) is 11.7. The van der Waals surface area contributed by atoms with Crippen LogP contribution in [0.2, 0.25) is 0 Å². The number of rotatable bonds is 9. The Kier molecular flexibility index (Phi) is 8.07. The molecule has 0 bridgehead atoms. The van der Waals surface area contributed by atoms with Crippen molar-refractivity contribution in [3.63, 3.8) is 0 Å². The van der Waals surface area contributed by atoms with Gasteiger partial charge >= 0.3 is 6.18 Å². The van der Waals surface area contributed by atoms with E-state index in [1.807, 2.05) is 24.5 Å². The summed E-state index contributed by atoms with van der Waals surface area (Å²) in [6, 6.07) is 12.7. The Labute approximate surface area is 239 Å². The molecule has 0 spiro atoms. The van der Waals surface area contributed by atoms with E-state index in [-0.39, 0.29) is 17.8 Å². The van der Waals surface area contributed by atoms with Gasteiger partial charge in [0.05, 0.1) is 17.6 Å². The Morgan fingerprint density at radius 1 is 1.07 bits per heavy atom. The summed E-state index contributed by atoms with van der Waals surface area (Å²) in [5, 5.41) is 7.40. The number of nitrogens with zero attached hydrogens (tertiary/aromatic N) is 3. The molecule has 0 saturated heterocycles. The smallest absolute Gasteiger partial charge is 0.381 e. The van der Waals surface area contributed by atoms with Crippen molar-refractivity contribution in [1.82, 2.24) is 19.5 Å². The summed E-state index contributed by atoms with van der Waals surface area (Å²) in [5.41, 5.74) is 2.93. The van der Waals surface area contributed by atoms with Crippen LogP contribution in [0.15, 0.2) is 78.3 Å². The highest BCUT2D eigenvalue weighted by Crippen LogP contribution is 2.35. The summed E-state index contributed by atoms with van der Waals surface area (Å²) in [7, 11) is 0. The maximum Gasteiger partial charge on any atom is 0.416 e. The fourth-order valence-corrected chi connectivity index (χ4v) is 5.55. The third kappa shape index (κ3) is 6.74. The number of thioether (sulfide) groups is 1. The lowest BCUT2D eigenvalue weighted by Crippen LogP contribution is -2.15. The summed E-state index contributed by atoms with van der Waals surface area (Å²) in [6.07, 6.45) is 2.29. The van der Waals surface area contributed by atoms with E-state index < -0.39 is 17.6 Å². The lowest BCUT2D eigenvalue weighted by Gasteiger charge is -2.16. The van der Waals surface area contributed by atoms with Crippen LogP contribution in [0.25, 0.3) is 11.0 Å². The number of hydrogen-bond acceptors (Lipinski definition) is 5. The Hall–Kier alpha value is -4.25. The first-order valence-corrected chi connectivity index (χ1v) is 13.9. The van der Waals surface area contributed by atoms with Crippen molar-refractivity contribution in [2.75, 3.05) is 10.6 Å². The average molecular weight is 579 g/mol. The summed E-state index contributed by atoms with van der Waals surface area (Å²) >= 11 is 1.76. The highest BCUT2D eigenvalue weighted by Gasteiger charge is 2.33. The normalized spacial score (nSPS) is 11.8. The van der Waals surface area contributed by atoms with Gasteiger partial charge in [-0.15, -0.1) is 11.8 Å². The molecule has 3 aromatic heterocycles. The van der Waals surface area contributed by atoms with Crippen LogP contribution in [0.4, 0.5) is 24.5 Å². The predicted octanol–water partition coefficient (Wildman–Crippen LogP) is 7.50. The SMILES string of the molecule is Cc1cn(Cc2ccc(NC(=O)c3cccc(NCc4cnc5[nH]ccc5c4SC(C)C)c3)cc2C(F)(F)F)cn1. The zero-order chi connectivity index (χ0) is 29.1. The van der Waals surface area contributed by atoms with Crippen LogP contribution >= 0.6 is 11.8 Å². The molecule has 7 nitrogen and oxygen atoms in total. The minimum absolute atomic E-state index is 0.0154. The zero-order valence-electron chi connectivity index (χ0n) is 22.7. The van der Waals surface area contributed by atoms with Crippen molar-refractivity contribution >= 4 is 40.1 Å². The van der Waals surface area contributed by atoms with E-state index in [1.165, 1.54) is 18.5 Å². The maximum atomic E-state index is 13.9. The van der Waals surface area contributed by atoms with Gasteiger partial charge in [0.1, 0.15) is 5.65 Å². The highest BCUT2D eigenvalue weighted by atomic mass is 32.2. The van der Waals surface area contributed by atoms with Crippen LogP contribution in [0, 0.1) is 6.92 Å². The average Bonchev–Trinajstić information content (AvgIpc) is 3.57. The number of imidazole rings is 1. The van der Waals surface area contributed by atoms with Crippen molar-refractivity contribution < 1.29 is 18.0 Å². The molecule has 0 fully saturated rings. The van der Waals surface area contributed by atoms with Crippen LogP contribution in [-0.2, 0) is 19.3 Å². The Morgan fingerprint density at radius 3 is 2.63 bits per heavy atom. The molecule has 1 amide bonds. The van der Waals surface area contributed by atoms with E-state index in [0.29, 0.717) is 28.7 Å². The van der Waals surface area contributed by atoms with E-state index in [1.54, 1.807) is 47.6 Å². The third-order valence-electron chi connectivity index (χ3n) is 6.36. The van der Waals surface area contributed by atoms with Gasteiger partial charge in [-0.1, -0.05) is 26.0 Å². The minimum Gasteiger partial charge on any atom is -0.381 e. The van der Waals surface area contributed by atoms with E-state index >= 15 is 0 Å². The first-order chi connectivity index (χ1) is 19.6. The zero-order valence-corrected chi connectivity index (χ0v) is 23.5. The molecule has 2 aromatic carbocycles. The van der Waals surface area contributed by atoms with Crippen molar-refractivity contribution in [3.05, 3.63) is 101 Å². The summed E-state index contributed by atoms with van der Waals surface area (Å²) in [6.45, 7) is 6.54. The van der Waals surface area contributed by atoms with Crippen LogP contribution in [-0.4, -0.2) is 30.7 Å². The van der Waals surface area contributed by atoms with Gasteiger partial charge in [0.2, 0.25) is 0 Å². The number of fused-ring (bicyclic) bond motifs is 1. The predicted molar refractivity (Wildman–Crippen MR) is 156 cm³/mol. The fourth-order valence-electron chi connectivity index (χ4n) is 4.51. The number of nitrogens with one attached hydrogen (secondary N) is 3. The monoisotopic (exact) mass is 578 g/mol. The molecular formula is C30H29F3N6OS. The Morgan fingerprint density at radius 2 is 1.90 bits per heavy atom. The molecule has 0 aliphatic rings. The number of aromatic amines is 1. The second-order valence-corrected chi connectivity index (χ2v) is 11.6. The molecule has 0 unspecified atom stereocenters. The molecule has 0 atom stereocenters. The number of carbonyl (C=O) groups excluding carboxylic acids is 1. The molecule has 212 valence electrons. The van der Waals surface area contributed by atoms with Gasteiger partial charge in [-0.2, -0.15) is 13.2 Å². The topological polar surface area (TPSA) is 87.6 Å². The van der Waals surface area contributed by atoms with Crippen LogP contribution in [0.3, 0.4) is 0 Å². The van der Waals surface area contributed by atoms with Crippen molar-refractivity contribution in [2.24, 2.45) is 0 Å². The number of alkyl halides is 3. The summed E-state index contributed by atoms with van der Waals surface area (Å²) in [4.78, 5) is 25.9. The molecule has 3 N–H and O–H groups in total. The molecule has 41 heavy (non-hydrogen) atoms. The number of aryl methyl sites for hydroxylation is 1. The van der Waals surface area contributed by atoms with Gasteiger partial charge in [0.25, 0.3) is 5.91 Å². The van der Waals surface area contributed by atoms with E-state index in [4.69, 9.17) is 0 Å². The molecule has 11 heteroatoms. The van der Waals surface area contributed by atoms with Gasteiger partial charge in [-0.25, -0.2) is 9.97 Å². The number of anilines is 2. The quantitative estimate of drug-likeness (QED) is 0.158. The van der Waals surface area contributed by atoms with E-state index in [2.05, 4.69) is 39.4 Å². The first-order valence-electron chi connectivity index (χ1n) is 13.0. The maximum absolute atomic E-state index is 13.9. The van der Waals surface area contributed by atoms with Gasteiger partial charge in [-0.05, 0) is 48.9 Å². The molecule has 3 heterocycles. The van der Waals surface area contributed by atoms with Gasteiger partial charge in [-0.3, -0.25) is 4.79 Å². The number of hydrogen-bond donors (Lipinski definition) is 3. The highest BCUT2D eigenvalue weighted by molar-refractivity contribution is 8.00. The molecule has 0 radical (unpaired) electrons. The summed E-state index contributed by atoms with van der Waals surface area (Å²) < 4.78 is 43.3. The number of aromatic nitrogens is 4. The van der Waals surface area contributed by atoms with Crippen molar-refractivity contribution in [1.29, 1.82) is 0 Å². The molecular weight excluding hydrogens is 549 g/mol. The molecule has 0 aliphatic heterocycles. The molecule has 0 aliphatic carbocycles. The minimum atomic E-state index is -4.58. The summed E-state index contributed by atoms with van der Waals surface area (Å²) in [5.74, 6) is -0.508. The van der Waals surface area contributed by atoms with E-state index in [0.717, 1.165) is 27.6 Å². The Bertz CT molecular complexity index is 1690. The largest absolute Gasteiger partial charge is 0.416 e. The van der Waals surface area contributed by atoms with Crippen LogP contribution in [0.5, 0.6) is 0 Å².